The minimum absolute atomic E-state index is 0.0120. The van der Waals surface area contributed by atoms with E-state index in [4.69, 9.17) is 9.47 Å². The Bertz CT molecular complexity index is 1710. The molecule has 1 fully saturated rings. The lowest BCUT2D eigenvalue weighted by molar-refractivity contribution is -0.141. The van der Waals surface area contributed by atoms with Gasteiger partial charge >= 0.3 is 11.9 Å². The summed E-state index contributed by atoms with van der Waals surface area (Å²) in [7, 11) is 2.72. The zero-order chi connectivity index (χ0) is 33.9. The highest BCUT2D eigenvalue weighted by Crippen LogP contribution is 2.32. The van der Waals surface area contributed by atoms with Gasteiger partial charge in [-0.1, -0.05) is 20.8 Å². The predicted octanol–water partition coefficient (Wildman–Crippen LogP) is 2.53. The van der Waals surface area contributed by atoms with Crippen molar-refractivity contribution >= 4 is 47.7 Å². The lowest BCUT2D eigenvalue weighted by Crippen LogP contribution is -2.22. The zero-order valence-electron chi connectivity index (χ0n) is 28.0. The maximum absolute atomic E-state index is 12.5. The fraction of sp³-hybridized carbons (Fsp3) is 0.514. The third-order valence-corrected chi connectivity index (χ3v) is 9.56. The fourth-order valence-corrected chi connectivity index (χ4v) is 6.65. The average molecular weight is 635 g/mol. The molecular weight excluding hydrogens is 588 g/mol. The van der Waals surface area contributed by atoms with Crippen LogP contribution >= 0.6 is 0 Å². The molecule has 0 spiro atoms. The first-order chi connectivity index (χ1) is 21.8. The molecule has 11 nitrogen and oxygen atoms in total. The van der Waals surface area contributed by atoms with Crippen molar-refractivity contribution in [3.8, 4) is 0 Å². The first-order valence-electron chi connectivity index (χ1n) is 15.9. The van der Waals surface area contributed by atoms with Crippen LogP contribution in [0.3, 0.4) is 0 Å². The van der Waals surface area contributed by atoms with Crippen LogP contribution in [0.4, 0.5) is 0 Å². The predicted molar refractivity (Wildman–Crippen MR) is 175 cm³/mol. The van der Waals surface area contributed by atoms with Crippen molar-refractivity contribution in [1.82, 2.24) is 15.3 Å². The Balaban J connectivity index is 1.89. The number of methoxy groups -OCH3 is 2. The van der Waals surface area contributed by atoms with E-state index in [2.05, 4.69) is 20.3 Å². The van der Waals surface area contributed by atoms with Crippen molar-refractivity contribution < 1.29 is 33.8 Å². The van der Waals surface area contributed by atoms with Crippen LogP contribution in [-0.2, 0) is 41.5 Å². The number of aromatic amines is 2. The van der Waals surface area contributed by atoms with Crippen molar-refractivity contribution in [3.63, 3.8) is 0 Å². The molecule has 0 unspecified atom stereocenters. The smallest absolute Gasteiger partial charge is 0.305 e. The van der Waals surface area contributed by atoms with Crippen LogP contribution in [0, 0.1) is 37.5 Å². The molecule has 4 N–H and O–H groups in total. The largest absolute Gasteiger partial charge is 0.469 e. The highest BCUT2D eigenvalue weighted by molar-refractivity contribution is 6.20. The SMILES string of the molecule is CC[C@H]1C(=O)N=C(/C=c2/[nH]/c(=C\c3[nH]c(/C=C4\NC(=O)[C@H](C)[C@H]4[C@H](C)O)c(C)c3CCC(=O)OC)c(CCC(=O)OC)c2C)[C@@H]1C. The summed E-state index contributed by atoms with van der Waals surface area (Å²) in [4.78, 5) is 60.6. The maximum Gasteiger partial charge on any atom is 0.305 e. The van der Waals surface area contributed by atoms with Gasteiger partial charge in [0, 0.05) is 70.0 Å². The molecule has 4 heterocycles. The van der Waals surface area contributed by atoms with Gasteiger partial charge in [0.05, 0.1) is 20.3 Å². The highest BCUT2D eigenvalue weighted by Gasteiger charge is 2.38. The second-order valence-electron chi connectivity index (χ2n) is 12.4. The van der Waals surface area contributed by atoms with E-state index in [1.165, 1.54) is 14.2 Å². The summed E-state index contributed by atoms with van der Waals surface area (Å²) in [6.07, 6.45) is 6.87. The quantitative estimate of drug-likeness (QED) is 0.276. The molecule has 2 amide bonds. The molecule has 2 aliphatic heterocycles. The second kappa shape index (κ2) is 14.5. The molecule has 0 aromatic carbocycles. The number of H-pyrrole nitrogens is 2. The van der Waals surface area contributed by atoms with Crippen LogP contribution in [0.5, 0.6) is 0 Å². The number of nitrogens with one attached hydrogen (secondary N) is 3. The second-order valence-corrected chi connectivity index (χ2v) is 12.4. The molecule has 46 heavy (non-hydrogen) atoms. The van der Waals surface area contributed by atoms with E-state index < -0.39 is 6.10 Å². The van der Waals surface area contributed by atoms with Crippen LogP contribution < -0.4 is 16.0 Å². The van der Waals surface area contributed by atoms with E-state index in [1.54, 1.807) is 13.8 Å². The standard InChI is InChI=1S/C35H46N4O7/c1-9-22-17(2)27(38-35(22)44)14-25-18(3)23(10-12-31(41)45-7)28(36-25)16-29-24(11-13-32(42)46-8)19(4)26(37-29)15-30-33(21(6)40)20(5)34(43)39-30/h14-17,20-22,33,36-37,40H,9-13H2,1-8H3,(H,39,43)/b25-14+,28-16-,30-15-/t17-,20-,21+,22-,33+/m1/s1. The summed E-state index contributed by atoms with van der Waals surface area (Å²) < 4.78 is 9.82. The van der Waals surface area contributed by atoms with Gasteiger partial charge in [0.2, 0.25) is 11.8 Å². The van der Waals surface area contributed by atoms with Gasteiger partial charge in [-0.25, -0.2) is 4.99 Å². The lowest BCUT2D eigenvalue weighted by atomic mass is 9.89. The normalized spacial score (nSPS) is 23.7. The van der Waals surface area contributed by atoms with Crippen LogP contribution in [-0.4, -0.2) is 64.9 Å². The molecule has 2 aromatic rings. The Morgan fingerprint density at radius 3 is 2.09 bits per heavy atom. The first-order valence-corrected chi connectivity index (χ1v) is 15.9. The summed E-state index contributed by atoms with van der Waals surface area (Å²) >= 11 is 0. The van der Waals surface area contributed by atoms with Gasteiger partial charge in [0.1, 0.15) is 0 Å². The lowest BCUT2D eigenvalue weighted by Gasteiger charge is -2.17. The van der Waals surface area contributed by atoms with Crippen LogP contribution in [0.1, 0.15) is 80.6 Å². The molecule has 1 saturated heterocycles. The number of rotatable bonds is 11. The Labute approximate surface area is 269 Å². The van der Waals surface area contributed by atoms with E-state index >= 15 is 0 Å². The van der Waals surface area contributed by atoms with Crippen molar-refractivity contribution in [2.45, 2.75) is 79.8 Å². The fourth-order valence-electron chi connectivity index (χ4n) is 6.65. The van der Waals surface area contributed by atoms with Gasteiger partial charge in [-0.15, -0.1) is 0 Å². The van der Waals surface area contributed by atoms with Gasteiger partial charge in [-0.3, -0.25) is 19.2 Å². The van der Waals surface area contributed by atoms with E-state index in [9.17, 15) is 24.3 Å². The number of amides is 2. The number of hydrogen-bond donors (Lipinski definition) is 4. The Kier molecular flexibility index (Phi) is 10.9. The summed E-state index contributed by atoms with van der Waals surface area (Å²) in [5, 5.41) is 14.9. The molecule has 0 aliphatic carbocycles. The van der Waals surface area contributed by atoms with Gasteiger partial charge in [0.25, 0.3) is 0 Å². The number of hydrogen-bond acceptors (Lipinski definition) is 7. The van der Waals surface area contributed by atoms with Crippen molar-refractivity contribution in [1.29, 1.82) is 0 Å². The number of aliphatic imine (C=N–C) groups is 1. The summed E-state index contributed by atoms with van der Waals surface area (Å²) in [5.41, 5.74) is 6.47. The molecule has 0 radical (unpaired) electrons. The highest BCUT2D eigenvalue weighted by atomic mass is 16.5. The van der Waals surface area contributed by atoms with Gasteiger partial charge < -0.3 is 29.9 Å². The van der Waals surface area contributed by atoms with E-state index in [1.807, 2.05) is 45.9 Å². The van der Waals surface area contributed by atoms with E-state index in [-0.39, 0.29) is 60.3 Å². The molecule has 0 bridgehead atoms. The Hall–Kier alpha value is -4.25. The Morgan fingerprint density at radius 1 is 0.891 bits per heavy atom. The zero-order valence-corrected chi connectivity index (χ0v) is 28.0. The number of esters is 2. The number of ether oxygens (including phenoxy) is 2. The monoisotopic (exact) mass is 634 g/mol. The van der Waals surface area contributed by atoms with E-state index in [0.717, 1.165) is 50.1 Å². The number of aliphatic hydroxyl groups excluding tert-OH is 1. The topological polar surface area (TPSA) is 163 Å². The minimum atomic E-state index is -0.732. The number of carbonyl (C=O) groups excluding carboxylic acids is 4. The van der Waals surface area contributed by atoms with Crippen LogP contribution in [0.15, 0.2) is 10.7 Å². The maximum atomic E-state index is 12.5. The number of aromatic nitrogens is 2. The summed E-state index contributed by atoms with van der Waals surface area (Å²) in [6.45, 7) is 11.4. The third kappa shape index (κ3) is 7.09. The average Bonchev–Trinajstić information content (AvgIpc) is 3.67. The third-order valence-electron chi connectivity index (χ3n) is 9.56. The van der Waals surface area contributed by atoms with Crippen LogP contribution in [0.25, 0.3) is 18.2 Å². The number of carbonyl (C=O) groups is 4. The molecule has 0 saturated carbocycles. The molecule has 11 heteroatoms. The molecule has 4 rings (SSSR count). The number of aliphatic hydroxyl groups is 1. The van der Waals surface area contributed by atoms with Gasteiger partial charge in [-0.05, 0) is 80.5 Å². The molecular formula is C35H46N4O7. The molecule has 2 aromatic heterocycles. The Morgan fingerprint density at radius 2 is 1.52 bits per heavy atom. The number of nitrogens with zero attached hydrogens (tertiary/aromatic N) is 1. The molecule has 2 aliphatic rings. The van der Waals surface area contributed by atoms with Gasteiger partial charge in [-0.2, -0.15) is 0 Å². The van der Waals surface area contributed by atoms with Gasteiger partial charge in [0.15, 0.2) is 0 Å². The molecule has 5 atom stereocenters. The van der Waals surface area contributed by atoms with E-state index in [0.29, 0.717) is 25.0 Å². The van der Waals surface area contributed by atoms with Crippen molar-refractivity contribution in [2.24, 2.45) is 28.7 Å². The summed E-state index contributed by atoms with van der Waals surface area (Å²) in [5.74, 6) is -1.83. The van der Waals surface area contributed by atoms with Crippen molar-refractivity contribution in [2.75, 3.05) is 14.2 Å². The summed E-state index contributed by atoms with van der Waals surface area (Å²) in [6, 6.07) is 0. The van der Waals surface area contributed by atoms with Crippen LogP contribution in [0.2, 0.25) is 0 Å². The molecule has 248 valence electrons. The minimum Gasteiger partial charge on any atom is -0.469 e. The first kappa shape index (κ1) is 34.6. The van der Waals surface area contributed by atoms with Crippen molar-refractivity contribution in [3.05, 3.63) is 50.0 Å².